The van der Waals surface area contributed by atoms with E-state index in [4.69, 9.17) is 16.3 Å². The number of fused-ring (bicyclic) bond motifs is 7. The molecule has 5 saturated carbocycles. The Labute approximate surface area is 356 Å². The van der Waals surface area contributed by atoms with Gasteiger partial charge in [-0.3, -0.25) is 19.2 Å². The quantitative estimate of drug-likeness (QED) is 0.208. The lowest BCUT2D eigenvalue weighted by Crippen LogP contribution is -2.68. The normalized spacial score (nSPS) is 38.6. The first kappa shape index (κ1) is 44.3. The SMILES string of the molecule is CC(C)C1=C2[C@H]3CC[C@@H]4[C@@]5(C)CC[C@H](OC(=O)C6C[C@@H](C(=O)O)C6(C)C)C(C)(C)[C@@H]5CC[C@@]4(C)[C@]3(C)CC[C@@]2(NC(=O)C(C)(C)NS(=O)(=O)c2ccc(Cl)cc2)CC1=O. The van der Waals surface area contributed by atoms with Crippen LogP contribution < -0.4 is 10.0 Å². The third-order valence-electron chi connectivity index (χ3n) is 17.9. The molecule has 5 fully saturated rings. The molecule has 6 aliphatic carbocycles. The summed E-state index contributed by atoms with van der Waals surface area (Å²) in [5.41, 5.74) is -1.66. The monoisotopic (exact) mass is 854 g/mol. The van der Waals surface area contributed by atoms with Gasteiger partial charge in [-0.15, -0.1) is 0 Å². The predicted molar refractivity (Wildman–Crippen MR) is 227 cm³/mol. The number of ether oxygens (including phenoxy) is 1. The number of rotatable bonds is 9. The van der Waals surface area contributed by atoms with Crippen molar-refractivity contribution in [1.29, 1.82) is 0 Å². The summed E-state index contributed by atoms with van der Waals surface area (Å²) in [7, 11) is -4.07. The van der Waals surface area contributed by atoms with Gasteiger partial charge in [0.2, 0.25) is 15.9 Å². The highest BCUT2D eigenvalue weighted by atomic mass is 35.5. The minimum atomic E-state index is -4.07. The number of sulfonamides is 1. The zero-order chi connectivity index (χ0) is 43.7. The number of nitrogens with one attached hydrogen (secondary N) is 2. The highest BCUT2D eigenvalue weighted by molar-refractivity contribution is 7.89. The lowest BCUT2D eigenvalue weighted by atomic mass is 9.33. The number of Topliss-reactive ketones (excluding diaryl/α,β-unsaturated/α-hetero) is 1. The van der Waals surface area contributed by atoms with Crippen LogP contribution in [0.25, 0.3) is 0 Å². The number of allylic oxidation sites excluding steroid dienone is 1. The fourth-order valence-electron chi connectivity index (χ4n) is 14.3. The summed E-state index contributed by atoms with van der Waals surface area (Å²) in [6.45, 7) is 23.0. The van der Waals surface area contributed by atoms with Crippen LogP contribution in [0.2, 0.25) is 5.02 Å². The smallest absolute Gasteiger partial charge is 0.309 e. The van der Waals surface area contributed by atoms with Gasteiger partial charge >= 0.3 is 11.9 Å². The first-order chi connectivity index (χ1) is 27.1. The minimum absolute atomic E-state index is 0.00721. The molecule has 0 heterocycles. The molecule has 10 atom stereocenters. The fraction of sp³-hybridized carbons (Fsp3) is 0.745. The number of aliphatic carboxylic acids is 1. The molecule has 12 heteroatoms. The Morgan fingerprint density at radius 3 is 2.08 bits per heavy atom. The van der Waals surface area contributed by atoms with E-state index in [0.717, 1.165) is 56.1 Å². The topological polar surface area (TPSA) is 156 Å². The van der Waals surface area contributed by atoms with Crippen LogP contribution in [-0.4, -0.2) is 54.3 Å². The van der Waals surface area contributed by atoms with Crippen LogP contribution in [0.3, 0.4) is 0 Å². The van der Waals surface area contributed by atoms with Crippen molar-refractivity contribution in [1.82, 2.24) is 10.0 Å². The van der Waals surface area contributed by atoms with Gasteiger partial charge in [0.05, 0.1) is 22.3 Å². The predicted octanol–water partition coefficient (Wildman–Crippen LogP) is 8.90. The molecule has 0 radical (unpaired) electrons. The number of esters is 1. The van der Waals surface area contributed by atoms with Gasteiger partial charge in [-0.25, -0.2) is 8.42 Å². The zero-order valence-electron chi connectivity index (χ0n) is 37.0. The van der Waals surface area contributed by atoms with Crippen LogP contribution in [0.5, 0.6) is 0 Å². The largest absolute Gasteiger partial charge is 0.481 e. The van der Waals surface area contributed by atoms with E-state index < -0.39 is 50.2 Å². The average molecular weight is 856 g/mol. The van der Waals surface area contributed by atoms with E-state index in [1.165, 1.54) is 24.3 Å². The first-order valence-electron chi connectivity index (χ1n) is 21.9. The van der Waals surface area contributed by atoms with Gasteiger partial charge in [0.25, 0.3) is 0 Å². The van der Waals surface area contributed by atoms with Crippen molar-refractivity contribution in [3.63, 3.8) is 0 Å². The lowest BCUT2D eigenvalue weighted by Gasteiger charge is -2.72. The van der Waals surface area contributed by atoms with E-state index in [2.05, 4.69) is 58.5 Å². The van der Waals surface area contributed by atoms with Crippen LogP contribution in [0.15, 0.2) is 40.3 Å². The molecule has 1 aromatic carbocycles. The lowest BCUT2D eigenvalue weighted by molar-refractivity contribution is -0.235. The number of carboxylic acid groups (broad SMARTS) is 1. The number of halogens is 1. The highest BCUT2D eigenvalue weighted by Gasteiger charge is 2.71. The van der Waals surface area contributed by atoms with E-state index in [9.17, 15) is 32.7 Å². The van der Waals surface area contributed by atoms with Gasteiger partial charge in [0.1, 0.15) is 11.6 Å². The maximum atomic E-state index is 14.4. The van der Waals surface area contributed by atoms with E-state index in [1.807, 2.05) is 13.8 Å². The number of hydrogen-bond acceptors (Lipinski definition) is 7. The molecule has 326 valence electrons. The van der Waals surface area contributed by atoms with Crippen molar-refractivity contribution in [2.45, 2.75) is 162 Å². The van der Waals surface area contributed by atoms with Crippen molar-refractivity contribution in [3.8, 4) is 0 Å². The minimum Gasteiger partial charge on any atom is -0.481 e. The first-order valence-corrected chi connectivity index (χ1v) is 23.8. The molecular formula is C47H67ClN2O8S. The van der Waals surface area contributed by atoms with Gasteiger partial charge in [-0.05, 0) is 152 Å². The summed E-state index contributed by atoms with van der Waals surface area (Å²) in [6, 6.07) is 5.82. The molecule has 1 unspecified atom stereocenters. The van der Waals surface area contributed by atoms with Gasteiger partial charge in [-0.1, -0.05) is 73.9 Å². The Morgan fingerprint density at radius 1 is 0.847 bits per heavy atom. The number of amides is 1. The Hall–Kier alpha value is -2.76. The number of carbonyl (C=O) groups is 4. The molecule has 7 rings (SSSR count). The third kappa shape index (κ3) is 6.58. The van der Waals surface area contributed by atoms with E-state index in [0.29, 0.717) is 29.7 Å². The van der Waals surface area contributed by atoms with Crippen molar-refractivity contribution in [3.05, 3.63) is 40.4 Å². The van der Waals surface area contributed by atoms with Crippen LogP contribution in [-0.2, 0) is 33.9 Å². The number of benzene rings is 1. The molecule has 0 aromatic heterocycles. The van der Waals surface area contributed by atoms with Crippen LogP contribution in [0, 0.1) is 62.6 Å². The van der Waals surface area contributed by atoms with Gasteiger partial charge in [0, 0.05) is 16.9 Å². The molecule has 1 amide bonds. The maximum Gasteiger partial charge on any atom is 0.309 e. The second-order valence-electron chi connectivity index (χ2n) is 22.2. The number of ketones is 1. The summed E-state index contributed by atoms with van der Waals surface area (Å²) in [6.07, 6.45) is 7.23. The summed E-state index contributed by atoms with van der Waals surface area (Å²) >= 11 is 6.02. The molecule has 10 nitrogen and oxygen atoms in total. The van der Waals surface area contributed by atoms with Gasteiger partial charge in [-0.2, -0.15) is 4.72 Å². The molecule has 0 spiro atoms. The van der Waals surface area contributed by atoms with Gasteiger partial charge in [0.15, 0.2) is 5.78 Å². The van der Waals surface area contributed by atoms with E-state index in [-0.39, 0.29) is 62.7 Å². The Kier molecular flexibility index (Phi) is 10.6. The van der Waals surface area contributed by atoms with Crippen molar-refractivity contribution in [2.75, 3.05) is 0 Å². The van der Waals surface area contributed by atoms with Crippen molar-refractivity contribution < 1.29 is 37.4 Å². The third-order valence-corrected chi connectivity index (χ3v) is 19.8. The molecule has 0 bridgehead atoms. The molecular weight excluding hydrogens is 788 g/mol. The number of carbonyl (C=O) groups excluding carboxylic acids is 3. The molecule has 59 heavy (non-hydrogen) atoms. The summed E-state index contributed by atoms with van der Waals surface area (Å²) in [5.74, 6) is -1.72. The number of carboxylic acids is 1. The Balaban J connectivity index is 1.14. The molecule has 0 saturated heterocycles. The molecule has 0 aliphatic heterocycles. The standard InChI is InChI=1S/C47H67ClN2O8S/c1-26(2)36-32(51)25-47(49-40(55)43(7,8)50-59(56,57)28-14-12-27(48)13-15-28)23-22-45(10)29(37(36)47)16-17-34-44(9)20-19-35(42(5,6)33(44)18-21-46(34,45)11)58-39(54)31-24-30(38(52)53)41(31,3)4/h12-15,26,29-31,33-35,50H,16-25H2,1-11H3,(H,49,55)(H,52,53)/t29-,30+,31?,33+,34-,35+,44+,45-,46-,47-/m1/s1. The van der Waals surface area contributed by atoms with Gasteiger partial charge < -0.3 is 15.2 Å². The molecule has 3 N–H and O–H groups in total. The van der Waals surface area contributed by atoms with Crippen LogP contribution >= 0.6 is 11.6 Å². The highest BCUT2D eigenvalue weighted by Crippen LogP contribution is 2.76. The summed E-state index contributed by atoms with van der Waals surface area (Å²) in [5, 5.41) is 13.4. The zero-order valence-corrected chi connectivity index (χ0v) is 38.6. The van der Waals surface area contributed by atoms with E-state index in [1.54, 1.807) is 13.8 Å². The molecule has 6 aliphatic rings. The summed E-state index contributed by atoms with van der Waals surface area (Å²) < 4.78 is 36.0. The molecule has 1 aromatic rings. The van der Waals surface area contributed by atoms with Crippen LogP contribution in [0.4, 0.5) is 0 Å². The van der Waals surface area contributed by atoms with E-state index >= 15 is 0 Å². The fourth-order valence-corrected chi connectivity index (χ4v) is 15.8. The maximum absolute atomic E-state index is 14.4. The Bertz CT molecular complexity index is 2090. The number of hydrogen-bond donors (Lipinski definition) is 3. The van der Waals surface area contributed by atoms with Crippen molar-refractivity contribution in [2.24, 2.45) is 62.6 Å². The summed E-state index contributed by atoms with van der Waals surface area (Å²) in [4.78, 5) is 54.0. The second kappa shape index (κ2) is 14.1. The average Bonchev–Trinajstić information content (AvgIpc) is 3.40. The second-order valence-corrected chi connectivity index (χ2v) is 24.3. The van der Waals surface area contributed by atoms with Crippen LogP contribution in [0.1, 0.15) is 140 Å². The van der Waals surface area contributed by atoms with Crippen molar-refractivity contribution >= 4 is 45.3 Å². The Morgan fingerprint density at radius 2 is 1.49 bits per heavy atom.